The van der Waals surface area contributed by atoms with Crippen LogP contribution >= 0.6 is 0 Å². The van der Waals surface area contributed by atoms with Crippen LogP contribution in [0.3, 0.4) is 0 Å². The van der Waals surface area contributed by atoms with E-state index in [4.69, 9.17) is 0 Å². The SMILES string of the molecule is CC(=O)NCCc1c[nH]c2c(C)cccc12. The first-order valence-electron chi connectivity index (χ1n) is 5.48. The summed E-state index contributed by atoms with van der Waals surface area (Å²) in [6.07, 6.45) is 2.89. The lowest BCUT2D eigenvalue weighted by Crippen LogP contribution is -2.22. The van der Waals surface area contributed by atoms with Crippen molar-refractivity contribution >= 4 is 16.8 Å². The molecule has 0 saturated carbocycles. The second-order valence-corrected chi connectivity index (χ2v) is 4.04. The quantitative estimate of drug-likeness (QED) is 0.811. The van der Waals surface area contributed by atoms with Crippen molar-refractivity contribution in [3.63, 3.8) is 0 Å². The summed E-state index contributed by atoms with van der Waals surface area (Å²) in [7, 11) is 0. The normalized spacial score (nSPS) is 10.6. The minimum absolute atomic E-state index is 0.0241. The van der Waals surface area contributed by atoms with Gasteiger partial charge in [0.2, 0.25) is 5.91 Å². The molecule has 0 spiro atoms. The number of nitrogens with one attached hydrogen (secondary N) is 2. The highest BCUT2D eigenvalue weighted by atomic mass is 16.1. The number of carbonyl (C=O) groups excluding carboxylic acids is 1. The Morgan fingerprint density at radius 1 is 1.44 bits per heavy atom. The highest BCUT2D eigenvalue weighted by Gasteiger charge is 2.04. The van der Waals surface area contributed by atoms with Gasteiger partial charge in [-0.3, -0.25) is 4.79 Å². The molecule has 1 heterocycles. The number of benzene rings is 1. The minimum Gasteiger partial charge on any atom is -0.361 e. The molecule has 0 fully saturated rings. The molecule has 0 bridgehead atoms. The van der Waals surface area contributed by atoms with E-state index in [2.05, 4.69) is 35.4 Å². The Morgan fingerprint density at radius 3 is 3.00 bits per heavy atom. The Kier molecular flexibility index (Phi) is 2.95. The number of carbonyl (C=O) groups is 1. The Morgan fingerprint density at radius 2 is 2.25 bits per heavy atom. The van der Waals surface area contributed by atoms with Crippen LogP contribution in [0.5, 0.6) is 0 Å². The predicted molar refractivity (Wildman–Crippen MR) is 65.4 cm³/mol. The zero-order valence-electron chi connectivity index (χ0n) is 9.63. The maximum absolute atomic E-state index is 10.8. The largest absolute Gasteiger partial charge is 0.361 e. The standard InChI is InChI=1S/C13H16N2O/c1-9-4-3-5-12-11(8-15-13(9)12)6-7-14-10(2)16/h3-5,8,15H,6-7H2,1-2H3,(H,14,16). The third kappa shape index (κ3) is 2.08. The van der Waals surface area contributed by atoms with Crippen LogP contribution in [-0.4, -0.2) is 17.4 Å². The van der Waals surface area contributed by atoms with Crippen molar-refractivity contribution in [2.24, 2.45) is 0 Å². The molecule has 2 rings (SSSR count). The monoisotopic (exact) mass is 216 g/mol. The third-order valence-electron chi connectivity index (χ3n) is 2.78. The average molecular weight is 216 g/mol. The molecule has 0 aliphatic carbocycles. The van der Waals surface area contributed by atoms with Crippen molar-refractivity contribution in [2.45, 2.75) is 20.3 Å². The molecule has 3 heteroatoms. The number of aromatic amines is 1. The van der Waals surface area contributed by atoms with Crippen LogP contribution in [0.25, 0.3) is 10.9 Å². The Bertz CT molecular complexity index is 514. The van der Waals surface area contributed by atoms with Gasteiger partial charge in [-0.25, -0.2) is 0 Å². The maximum atomic E-state index is 10.8. The van der Waals surface area contributed by atoms with Gasteiger partial charge in [0.15, 0.2) is 0 Å². The first-order valence-corrected chi connectivity index (χ1v) is 5.48. The van der Waals surface area contributed by atoms with Gasteiger partial charge in [0.25, 0.3) is 0 Å². The van der Waals surface area contributed by atoms with Crippen molar-refractivity contribution in [1.29, 1.82) is 0 Å². The maximum Gasteiger partial charge on any atom is 0.216 e. The molecular formula is C13H16N2O. The van der Waals surface area contributed by atoms with Gasteiger partial charge in [-0.15, -0.1) is 0 Å². The first-order chi connectivity index (χ1) is 7.68. The van der Waals surface area contributed by atoms with Gasteiger partial charge in [0, 0.05) is 30.6 Å². The summed E-state index contributed by atoms with van der Waals surface area (Å²) in [6, 6.07) is 6.27. The van der Waals surface area contributed by atoms with E-state index < -0.39 is 0 Å². The molecule has 0 aliphatic rings. The van der Waals surface area contributed by atoms with Gasteiger partial charge in [-0.2, -0.15) is 0 Å². The van der Waals surface area contributed by atoms with E-state index in [1.807, 2.05) is 6.20 Å². The number of para-hydroxylation sites is 1. The fourth-order valence-corrected chi connectivity index (χ4v) is 1.94. The molecule has 0 atom stereocenters. The predicted octanol–water partition coefficient (Wildman–Crippen LogP) is 2.15. The summed E-state index contributed by atoms with van der Waals surface area (Å²) < 4.78 is 0. The lowest BCUT2D eigenvalue weighted by molar-refractivity contribution is -0.118. The molecule has 84 valence electrons. The van der Waals surface area contributed by atoms with Gasteiger partial charge >= 0.3 is 0 Å². The van der Waals surface area contributed by atoms with E-state index in [0.717, 1.165) is 6.42 Å². The Balaban J connectivity index is 2.19. The van der Waals surface area contributed by atoms with Crippen LogP contribution in [-0.2, 0) is 11.2 Å². The van der Waals surface area contributed by atoms with Gasteiger partial charge in [0.1, 0.15) is 0 Å². The van der Waals surface area contributed by atoms with Crippen molar-refractivity contribution in [3.05, 3.63) is 35.5 Å². The lowest BCUT2D eigenvalue weighted by Gasteiger charge is -2.01. The smallest absolute Gasteiger partial charge is 0.216 e. The van der Waals surface area contributed by atoms with Crippen molar-refractivity contribution in [3.8, 4) is 0 Å². The highest BCUT2D eigenvalue weighted by Crippen LogP contribution is 2.21. The van der Waals surface area contributed by atoms with E-state index in [1.165, 1.54) is 22.0 Å². The van der Waals surface area contributed by atoms with Crippen LogP contribution in [0, 0.1) is 6.92 Å². The number of aromatic nitrogens is 1. The van der Waals surface area contributed by atoms with E-state index >= 15 is 0 Å². The van der Waals surface area contributed by atoms with Crippen LogP contribution in [0.4, 0.5) is 0 Å². The molecule has 0 radical (unpaired) electrons. The summed E-state index contributed by atoms with van der Waals surface area (Å²) in [5, 5.41) is 4.07. The number of amides is 1. The first kappa shape index (κ1) is 10.7. The Labute approximate surface area is 94.9 Å². The van der Waals surface area contributed by atoms with Crippen LogP contribution in [0.1, 0.15) is 18.1 Å². The third-order valence-corrected chi connectivity index (χ3v) is 2.78. The fourth-order valence-electron chi connectivity index (χ4n) is 1.94. The molecule has 3 nitrogen and oxygen atoms in total. The topological polar surface area (TPSA) is 44.9 Å². The molecule has 16 heavy (non-hydrogen) atoms. The molecule has 1 aromatic heterocycles. The van der Waals surface area contributed by atoms with Crippen molar-refractivity contribution < 1.29 is 4.79 Å². The van der Waals surface area contributed by atoms with Gasteiger partial charge in [0.05, 0.1) is 0 Å². The molecule has 0 aliphatic heterocycles. The molecule has 1 amide bonds. The molecule has 2 N–H and O–H groups in total. The van der Waals surface area contributed by atoms with Crippen LogP contribution in [0.2, 0.25) is 0 Å². The number of hydrogen-bond acceptors (Lipinski definition) is 1. The fraction of sp³-hybridized carbons (Fsp3) is 0.308. The summed E-state index contributed by atoms with van der Waals surface area (Å²) >= 11 is 0. The van der Waals surface area contributed by atoms with Crippen molar-refractivity contribution in [2.75, 3.05) is 6.54 Å². The van der Waals surface area contributed by atoms with Crippen molar-refractivity contribution in [1.82, 2.24) is 10.3 Å². The molecular weight excluding hydrogens is 200 g/mol. The van der Waals surface area contributed by atoms with Gasteiger partial charge < -0.3 is 10.3 Å². The minimum atomic E-state index is 0.0241. The second kappa shape index (κ2) is 4.39. The summed E-state index contributed by atoms with van der Waals surface area (Å²) in [5.41, 5.74) is 3.70. The van der Waals surface area contributed by atoms with Gasteiger partial charge in [-0.1, -0.05) is 18.2 Å². The molecule has 2 aromatic rings. The average Bonchev–Trinajstić information content (AvgIpc) is 2.63. The molecule has 0 unspecified atom stereocenters. The van der Waals surface area contributed by atoms with E-state index in [-0.39, 0.29) is 5.91 Å². The molecule has 0 saturated heterocycles. The van der Waals surface area contributed by atoms with Gasteiger partial charge in [-0.05, 0) is 24.5 Å². The number of fused-ring (bicyclic) bond motifs is 1. The zero-order chi connectivity index (χ0) is 11.5. The van der Waals surface area contributed by atoms with E-state index in [0.29, 0.717) is 6.54 Å². The highest BCUT2D eigenvalue weighted by molar-refractivity contribution is 5.85. The van der Waals surface area contributed by atoms with E-state index in [9.17, 15) is 4.79 Å². The lowest BCUT2D eigenvalue weighted by atomic mass is 10.1. The molecule has 1 aromatic carbocycles. The second-order valence-electron chi connectivity index (χ2n) is 4.04. The number of hydrogen-bond donors (Lipinski definition) is 2. The van der Waals surface area contributed by atoms with Crippen LogP contribution in [0.15, 0.2) is 24.4 Å². The van der Waals surface area contributed by atoms with E-state index in [1.54, 1.807) is 6.92 Å². The summed E-state index contributed by atoms with van der Waals surface area (Å²) in [6.45, 7) is 4.33. The summed E-state index contributed by atoms with van der Waals surface area (Å²) in [5.74, 6) is 0.0241. The number of H-pyrrole nitrogens is 1. The Hall–Kier alpha value is -1.77. The zero-order valence-corrected chi connectivity index (χ0v) is 9.63. The summed E-state index contributed by atoms with van der Waals surface area (Å²) in [4.78, 5) is 14.1. The number of rotatable bonds is 3. The van der Waals surface area contributed by atoms with Crippen LogP contribution < -0.4 is 5.32 Å². The number of aryl methyl sites for hydroxylation is 1.